The number of nitrogens with two attached hydrogens (primary N) is 1. The number of ether oxygens (including phenoxy) is 2. The van der Waals surface area contributed by atoms with E-state index in [4.69, 9.17) is 15.2 Å². The topological polar surface area (TPSA) is 103 Å². The number of benzene rings is 1. The molecule has 1 unspecified atom stereocenters. The highest BCUT2D eigenvalue weighted by Gasteiger charge is 2.39. The maximum absolute atomic E-state index is 12.6. The Morgan fingerprint density at radius 2 is 2.17 bits per heavy atom. The molecule has 1 fully saturated rings. The highest BCUT2D eigenvalue weighted by Crippen LogP contribution is 2.34. The van der Waals surface area contributed by atoms with E-state index in [2.05, 4.69) is 10.6 Å². The normalized spacial score (nSPS) is 22.5. The summed E-state index contributed by atoms with van der Waals surface area (Å²) in [7, 11) is 0. The van der Waals surface area contributed by atoms with E-state index in [1.54, 1.807) is 25.1 Å². The monoisotopic (exact) mass is 319 g/mol. The SMILES string of the molecule is CC1Oc2ccc(NC(=O)C3(CN)CCOCC3)cc2NC1=O. The predicted octanol–water partition coefficient (Wildman–Crippen LogP) is 1.10. The van der Waals surface area contributed by atoms with Crippen molar-refractivity contribution in [2.75, 3.05) is 30.4 Å². The molecule has 3 rings (SSSR count). The van der Waals surface area contributed by atoms with Gasteiger partial charge in [-0.15, -0.1) is 0 Å². The number of hydrogen-bond acceptors (Lipinski definition) is 5. The van der Waals surface area contributed by atoms with Crippen LogP contribution >= 0.6 is 0 Å². The van der Waals surface area contributed by atoms with E-state index in [-0.39, 0.29) is 18.4 Å². The Morgan fingerprint density at radius 1 is 1.43 bits per heavy atom. The molecule has 1 aromatic rings. The molecule has 0 aliphatic carbocycles. The quantitative estimate of drug-likeness (QED) is 0.774. The Kier molecular flexibility index (Phi) is 4.23. The molecule has 0 bridgehead atoms. The maximum Gasteiger partial charge on any atom is 0.265 e. The molecule has 0 aromatic heterocycles. The van der Waals surface area contributed by atoms with Gasteiger partial charge < -0.3 is 25.8 Å². The molecule has 2 aliphatic rings. The molecule has 7 heteroatoms. The van der Waals surface area contributed by atoms with Crippen molar-refractivity contribution in [1.82, 2.24) is 0 Å². The van der Waals surface area contributed by atoms with Gasteiger partial charge in [-0.05, 0) is 38.0 Å². The Balaban J connectivity index is 1.77. The zero-order chi connectivity index (χ0) is 16.4. The summed E-state index contributed by atoms with van der Waals surface area (Å²) >= 11 is 0. The molecule has 2 aliphatic heterocycles. The van der Waals surface area contributed by atoms with Gasteiger partial charge in [0, 0.05) is 25.4 Å². The lowest BCUT2D eigenvalue weighted by molar-refractivity contribution is -0.130. The van der Waals surface area contributed by atoms with Crippen LogP contribution in [0.1, 0.15) is 19.8 Å². The first kappa shape index (κ1) is 15.8. The maximum atomic E-state index is 12.6. The van der Waals surface area contributed by atoms with E-state index in [9.17, 15) is 9.59 Å². The minimum atomic E-state index is -0.595. The second-order valence-electron chi connectivity index (χ2n) is 6.01. The fourth-order valence-electron chi connectivity index (χ4n) is 2.84. The molecule has 2 amide bonds. The summed E-state index contributed by atoms with van der Waals surface area (Å²) < 4.78 is 10.8. The first-order valence-electron chi connectivity index (χ1n) is 7.75. The van der Waals surface area contributed by atoms with Gasteiger partial charge in [0.2, 0.25) is 5.91 Å². The third-order valence-electron chi connectivity index (χ3n) is 4.49. The molecular weight excluding hydrogens is 298 g/mol. The highest BCUT2D eigenvalue weighted by molar-refractivity contribution is 6.00. The van der Waals surface area contributed by atoms with Crippen molar-refractivity contribution >= 4 is 23.2 Å². The van der Waals surface area contributed by atoms with Crippen LogP contribution in [0, 0.1) is 5.41 Å². The Bertz CT molecular complexity index is 626. The van der Waals surface area contributed by atoms with Crippen LogP contribution in [-0.4, -0.2) is 37.7 Å². The first-order valence-corrected chi connectivity index (χ1v) is 7.75. The average molecular weight is 319 g/mol. The van der Waals surface area contributed by atoms with Crippen molar-refractivity contribution in [3.63, 3.8) is 0 Å². The smallest absolute Gasteiger partial charge is 0.265 e. The number of fused-ring (bicyclic) bond motifs is 1. The third kappa shape index (κ3) is 3.02. The highest BCUT2D eigenvalue weighted by atomic mass is 16.5. The predicted molar refractivity (Wildman–Crippen MR) is 85.3 cm³/mol. The van der Waals surface area contributed by atoms with Gasteiger partial charge in [0.05, 0.1) is 11.1 Å². The van der Waals surface area contributed by atoms with E-state index >= 15 is 0 Å². The summed E-state index contributed by atoms with van der Waals surface area (Å²) in [6.07, 6.45) is 0.695. The minimum absolute atomic E-state index is 0.111. The molecule has 2 heterocycles. The summed E-state index contributed by atoms with van der Waals surface area (Å²) in [5.41, 5.74) is 6.41. The lowest BCUT2D eigenvalue weighted by Crippen LogP contribution is -2.46. The van der Waals surface area contributed by atoms with Crippen LogP contribution in [0.15, 0.2) is 18.2 Å². The van der Waals surface area contributed by atoms with E-state index in [0.29, 0.717) is 43.2 Å². The van der Waals surface area contributed by atoms with Crippen LogP contribution in [-0.2, 0) is 14.3 Å². The fourth-order valence-corrected chi connectivity index (χ4v) is 2.84. The minimum Gasteiger partial charge on any atom is -0.479 e. The van der Waals surface area contributed by atoms with Gasteiger partial charge >= 0.3 is 0 Å². The number of carbonyl (C=O) groups excluding carboxylic acids is 2. The summed E-state index contributed by atoms with van der Waals surface area (Å²) in [4.78, 5) is 24.3. The second-order valence-corrected chi connectivity index (χ2v) is 6.01. The van der Waals surface area contributed by atoms with Crippen LogP contribution in [0.5, 0.6) is 5.75 Å². The molecule has 4 N–H and O–H groups in total. The van der Waals surface area contributed by atoms with Gasteiger partial charge in [-0.25, -0.2) is 0 Å². The summed E-state index contributed by atoms with van der Waals surface area (Å²) in [6, 6.07) is 5.19. The molecule has 0 saturated carbocycles. The van der Waals surface area contributed by atoms with E-state index in [1.807, 2.05) is 0 Å². The standard InChI is InChI=1S/C16H21N3O4/c1-10-14(20)19-12-8-11(2-3-13(12)23-10)18-15(21)16(9-17)4-6-22-7-5-16/h2-3,8,10H,4-7,9,17H2,1H3,(H,18,21)(H,19,20). The van der Waals surface area contributed by atoms with E-state index < -0.39 is 11.5 Å². The fraction of sp³-hybridized carbons (Fsp3) is 0.500. The number of hydrogen-bond donors (Lipinski definition) is 3. The second kappa shape index (κ2) is 6.17. The first-order chi connectivity index (χ1) is 11.0. The zero-order valence-corrected chi connectivity index (χ0v) is 13.1. The molecular formula is C16H21N3O4. The molecule has 7 nitrogen and oxygen atoms in total. The lowest BCUT2D eigenvalue weighted by atomic mass is 9.79. The van der Waals surface area contributed by atoms with Crippen molar-refractivity contribution in [3.05, 3.63) is 18.2 Å². The summed E-state index contributed by atoms with van der Waals surface area (Å²) in [5, 5.41) is 5.66. The Labute approximate surface area is 134 Å². The molecule has 1 aromatic carbocycles. The van der Waals surface area contributed by atoms with Crippen molar-refractivity contribution < 1.29 is 19.1 Å². The van der Waals surface area contributed by atoms with Gasteiger partial charge in [0.15, 0.2) is 6.10 Å². The summed E-state index contributed by atoms with van der Waals surface area (Å²) in [6.45, 7) is 3.04. The van der Waals surface area contributed by atoms with Crippen molar-refractivity contribution in [1.29, 1.82) is 0 Å². The van der Waals surface area contributed by atoms with Gasteiger partial charge in [-0.1, -0.05) is 0 Å². The van der Waals surface area contributed by atoms with Crippen molar-refractivity contribution in [2.24, 2.45) is 11.1 Å². The lowest BCUT2D eigenvalue weighted by Gasteiger charge is -2.34. The number of nitrogens with one attached hydrogen (secondary N) is 2. The molecule has 0 spiro atoms. The summed E-state index contributed by atoms with van der Waals surface area (Å²) in [5.74, 6) is 0.276. The number of carbonyl (C=O) groups is 2. The van der Waals surface area contributed by atoms with Crippen LogP contribution < -0.4 is 21.1 Å². The van der Waals surface area contributed by atoms with Crippen LogP contribution in [0.3, 0.4) is 0 Å². The Hall–Kier alpha value is -2.12. The average Bonchev–Trinajstić information content (AvgIpc) is 2.56. The zero-order valence-electron chi connectivity index (χ0n) is 13.1. The van der Waals surface area contributed by atoms with Crippen LogP contribution in [0.2, 0.25) is 0 Å². The van der Waals surface area contributed by atoms with Crippen molar-refractivity contribution in [2.45, 2.75) is 25.9 Å². The van der Waals surface area contributed by atoms with E-state index in [0.717, 1.165) is 0 Å². The third-order valence-corrected chi connectivity index (χ3v) is 4.49. The van der Waals surface area contributed by atoms with Crippen LogP contribution in [0.4, 0.5) is 11.4 Å². The number of anilines is 2. The molecule has 23 heavy (non-hydrogen) atoms. The molecule has 124 valence electrons. The van der Waals surface area contributed by atoms with Gasteiger partial charge in [-0.2, -0.15) is 0 Å². The molecule has 0 radical (unpaired) electrons. The van der Waals surface area contributed by atoms with Gasteiger partial charge in [-0.3, -0.25) is 9.59 Å². The Morgan fingerprint density at radius 3 is 2.87 bits per heavy atom. The van der Waals surface area contributed by atoms with Gasteiger partial charge in [0.1, 0.15) is 5.75 Å². The number of amides is 2. The molecule has 1 saturated heterocycles. The largest absolute Gasteiger partial charge is 0.479 e. The van der Waals surface area contributed by atoms with Crippen LogP contribution in [0.25, 0.3) is 0 Å². The molecule has 1 atom stereocenters. The van der Waals surface area contributed by atoms with Crippen molar-refractivity contribution in [3.8, 4) is 5.75 Å². The van der Waals surface area contributed by atoms with E-state index in [1.165, 1.54) is 0 Å². The van der Waals surface area contributed by atoms with Gasteiger partial charge in [0.25, 0.3) is 5.91 Å². The number of rotatable bonds is 3.